The van der Waals surface area contributed by atoms with Crippen LogP contribution in [0.1, 0.15) is 0 Å². The third-order valence-electron chi connectivity index (χ3n) is 8.76. The van der Waals surface area contributed by atoms with E-state index in [2.05, 4.69) is 126 Å². The molecule has 194 valence electrons. The highest BCUT2D eigenvalue weighted by molar-refractivity contribution is 6.27. The normalized spacial score (nSPS) is 11.8. The maximum Gasteiger partial charge on any atom is 0.0702 e. The summed E-state index contributed by atoms with van der Waals surface area (Å²) in [4.78, 5) is 9.14. The van der Waals surface area contributed by atoms with Crippen molar-refractivity contribution >= 4 is 54.0 Å². The molecule has 0 atom stereocenters. The molecule has 0 saturated carbocycles. The maximum absolute atomic E-state index is 4.76. The summed E-state index contributed by atoms with van der Waals surface area (Å²) in [7, 11) is 0. The van der Waals surface area contributed by atoms with Crippen LogP contribution in [0.15, 0.2) is 146 Å². The van der Waals surface area contributed by atoms with Gasteiger partial charge < -0.3 is 0 Å². The van der Waals surface area contributed by atoms with Crippen LogP contribution in [-0.2, 0) is 0 Å². The summed E-state index contributed by atoms with van der Waals surface area (Å²) in [5.41, 5.74) is 8.25. The van der Waals surface area contributed by atoms with E-state index in [1.54, 1.807) is 0 Å². The summed E-state index contributed by atoms with van der Waals surface area (Å²) in [6.07, 6.45) is 5.82. The van der Waals surface area contributed by atoms with Crippen molar-refractivity contribution in [3.05, 3.63) is 146 Å². The number of hydrogen-bond donors (Lipinski definition) is 0. The van der Waals surface area contributed by atoms with Crippen LogP contribution < -0.4 is 0 Å². The lowest BCUT2D eigenvalue weighted by Gasteiger charge is -2.17. The Balaban J connectivity index is 1.22. The van der Waals surface area contributed by atoms with Crippen molar-refractivity contribution in [2.45, 2.75) is 0 Å². The predicted molar refractivity (Wildman–Crippen MR) is 177 cm³/mol. The Morgan fingerprint density at radius 2 is 1.00 bits per heavy atom. The van der Waals surface area contributed by atoms with E-state index in [1.165, 1.54) is 70.9 Å². The van der Waals surface area contributed by atoms with Crippen LogP contribution in [0.5, 0.6) is 0 Å². The predicted octanol–water partition coefficient (Wildman–Crippen LogP) is 10.7. The van der Waals surface area contributed by atoms with Gasteiger partial charge in [-0.2, -0.15) is 0 Å². The molecule has 42 heavy (non-hydrogen) atoms. The quantitative estimate of drug-likeness (QED) is 0.212. The van der Waals surface area contributed by atoms with Crippen molar-refractivity contribution in [3.63, 3.8) is 0 Å². The molecule has 0 aliphatic carbocycles. The molecule has 2 heteroatoms. The van der Waals surface area contributed by atoms with Crippen molar-refractivity contribution in [1.29, 1.82) is 0 Å². The van der Waals surface area contributed by atoms with E-state index in [-0.39, 0.29) is 0 Å². The van der Waals surface area contributed by atoms with Gasteiger partial charge in [0.2, 0.25) is 0 Å². The number of hydrogen-bond acceptors (Lipinski definition) is 2. The lowest BCUT2D eigenvalue weighted by Crippen LogP contribution is -1.90. The summed E-state index contributed by atoms with van der Waals surface area (Å²) in [6.45, 7) is 0. The molecule has 7 aromatic carbocycles. The Morgan fingerprint density at radius 3 is 1.74 bits per heavy atom. The van der Waals surface area contributed by atoms with Crippen molar-refractivity contribution < 1.29 is 0 Å². The number of rotatable bonds is 3. The molecule has 9 aromatic rings. The van der Waals surface area contributed by atoms with Crippen LogP contribution in [0.25, 0.3) is 87.4 Å². The Kier molecular flexibility index (Phi) is 4.93. The van der Waals surface area contributed by atoms with Crippen LogP contribution in [0, 0.1) is 0 Å². The summed E-state index contributed by atoms with van der Waals surface area (Å²) in [5, 5.41) is 11.2. The highest BCUT2D eigenvalue weighted by atomic mass is 14.6. The van der Waals surface area contributed by atoms with Gasteiger partial charge in [-0.1, -0.05) is 109 Å². The minimum absolute atomic E-state index is 1.02. The zero-order valence-electron chi connectivity index (χ0n) is 22.8. The van der Waals surface area contributed by atoms with Crippen molar-refractivity contribution in [3.8, 4) is 33.4 Å². The lowest BCUT2D eigenvalue weighted by atomic mass is 9.87. The van der Waals surface area contributed by atoms with Crippen LogP contribution in [0.2, 0.25) is 0 Å². The molecule has 2 nitrogen and oxygen atoms in total. The van der Waals surface area contributed by atoms with Gasteiger partial charge in [-0.25, -0.2) is 0 Å². The number of aromatic nitrogens is 2. The molecule has 2 aromatic heterocycles. The first-order valence-corrected chi connectivity index (χ1v) is 14.3. The average Bonchev–Trinajstić information content (AvgIpc) is 3.06. The van der Waals surface area contributed by atoms with Gasteiger partial charge in [0.05, 0.1) is 5.52 Å². The molecular formula is C40H24N2. The molecule has 0 aliphatic rings. The van der Waals surface area contributed by atoms with Gasteiger partial charge in [0.25, 0.3) is 0 Å². The highest BCUT2D eigenvalue weighted by Crippen LogP contribution is 2.42. The van der Waals surface area contributed by atoms with E-state index in [0.29, 0.717) is 0 Å². The van der Waals surface area contributed by atoms with Crippen LogP contribution in [0.3, 0.4) is 0 Å². The summed E-state index contributed by atoms with van der Waals surface area (Å²) >= 11 is 0. The molecule has 0 amide bonds. The van der Waals surface area contributed by atoms with Gasteiger partial charge in [0.1, 0.15) is 0 Å². The van der Waals surface area contributed by atoms with Gasteiger partial charge >= 0.3 is 0 Å². The second kappa shape index (κ2) is 8.95. The molecule has 0 spiro atoms. The third kappa shape index (κ3) is 3.45. The van der Waals surface area contributed by atoms with Gasteiger partial charge in [0, 0.05) is 34.9 Å². The largest absolute Gasteiger partial charge is 0.264 e. The second-order valence-corrected chi connectivity index (χ2v) is 11.0. The van der Waals surface area contributed by atoms with E-state index in [4.69, 9.17) is 4.98 Å². The van der Waals surface area contributed by atoms with E-state index in [0.717, 1.165) is 16.5 Å². The summed E-state index contributed by atoms with van der Waals surface area (Å²) in [5.74, 6) is 0. The minimum Gasteiger partial charge on any atom is -0.264 e. The number of fused-ring (bicyclic) bond motifs is 2. The minimum atomic E-state index is 1.02. The fourth-order valence-corrected chi connectivity index (χ4v) is 6.72. The molecule has 9 rings (SSSR count). The van der Waals surface area contributed by atoms with E-state index in [1.807, 2.05) is 24.7 Å². The molecule has 0 bridgehead atoms. The number of benzene rings is 7. The van der Waals surface area contributed by atoms with Gasteiger partial charge in [0.15, 0.2) is 0 Å². The van der Waals surface area contributed by atoms with E-state index in [9.17, 15) is 0 Å². The SMILES string of the molecule is c1ccc2ncc(-c3ccc4ccc5c(-c6ccc(-c7cccc8ccncc78)cc6)ccc6ccc3c4c65)cc2c1. The third-order valence-corrected chi connectivity index (χ3v) is 8.76. The topological polar surface area (TPSA) is 25.8 Å². The van der Waals surface area contributed by atoms with Crippen LogP contribution in [-0.4, -0.2) is 9.97 Å². The monoisotopic (exact) mass is 532 g/mol. The Hall–Kier alpha value is -5.60. The molecule has 0 saturated heterocycles. The van der Waals surface area contributed by atoms with Crippen LogP contribution in [0.4, 0.5) is 0 Å². The number of para-hydroxylation sites is 1. The Labute approximate surface area is 242 Å². The first-order chi connectivity index (χ1) is 20.8. The maximum atomic E-state index is 4.76. The first-order valence-electron chi connectivity index (χ1n) is 14.3. The van der Waals surface area contributed by atoms with E-state index >= 15 is 0 Å². The zero-order valence-corrected chi connectivity index (χ0v) is 22.8. The highest BCUT2D eigenvalue weighted by Gasteiger charge is 2.15. The standard InChI is InChI=1S/C40H24N2/c1-2-7-38-30(4-1)22-31(23-42-38)34-17-13-29-14-18-35-33(16-12-28-15-19-36(34)40(29)39(28)35)27-10-8-26(9-11-27)32-6-3-5-25-20-21-41-24-37(25)32/h1-24H. The number of nitrogens with zero attached hydrogens (tertiary/aromatic N) is 2. The zero-order chi connectivity index (χ0) is 27.6. The average molecular weight is 533 g/mol. The van der Waals surface area contributed by atoms with Gasteiger partial charge in [-0.3, -0.25) is 9.97 Å². The Bertz CT molecular complexity index is 2450. The number of pyridine rings is 2. The smallest absolute Gasteiger partial charge is 0.0702 e. The molecule has 0 N–H and O–H groups in total. The van der Waals surface area contributed by atoms with Crippen molar-refractivity contribution in [2.75, 3.05) is 0 Å². The molecule has 0 unspecified atom stereocenters. The Morgan fingerprint density at radius 1 is 0.381 bits per heavy atom. The molecule has 0 radical (unpaired) electrons. The molecule has 0 aliphatic heterocycles. The van der Waals surface area contributed by atoms with Crippen molar-refractivity contribution in [2.24, 2.45) is 0 Å². The van der Waals surface area contributed by atoms with Crippen molar-refractivity contribution in [1.82, 2.24) is 9.97 Å². The second-order valence-electron chi connectivity index (χ2n) is 11.0. The first kappa shape index (κ1) is 23.1. The molecule has 2 heterocycles. The lowest BCUT2D eigenvalue weighted by molar-refractivity contribution is 1.36. The molecule has 0 fully saturated rings. The molecular weight excluding hydrogens is 508 g/mol. The van der Waals surface area contributed by atoms with E-state index < -0.39 is 0 Å². The van der Waals surface area contributed by atoms with Gasteiger partial charge in [-0.15, -0.1) is 0 Å². The van der Waals surface area contributed by atoms with Crippen LogP contribution >= 0.6 is 0 Å². The fraction of sp³-hybridized carbons (Fsp3) is 0. The summed E-state index contributed by atoms with van der Waals surface area (Å²) in [6, 6.07) is 46.2. The van der Waals surface area contributed by atoms with Gasteiger partial charge in [-0.05, 0) is 83.7 Å². The fourth-order valence-electron chi connectivity index (χ4n) is 6.72. The summed E-state index contributed by atoms with van der Waals surface area (Å²) < 4.78 is 0.